The number of carbonyl (C=O) groups excluding carboxylic acids is 1. The summed E-state index contributed by atoms with van der Waals surface area (Å²) in [6, 6.07) is 9.65. The molecule has 22 heavy (non-hydrogen) atoms. The highest BCUT2D eigenvalue weighted by Gasteiger charge is 2.18. The van der Waals surface area contributed by atoms with Gasteiger partial charge in [-0.2, -0.15) is 0 Å². The predicted octanol–water partition coefficient (Wildman–Crippen LogP) is 0.711. The van der Waals surface area contributed by atoms with Gasteiger partial charge < -0.3 is 10.0 Å². The Balaban J connectivity index is 1.77. The SMILES string of the molecule is O=C(/C=C/c1ccccc1)NC(=S)N1CCN(CCO)CC1. The third kappa shape index (κ3) is 5.22. The summed E-state index contributed by atoms with van der Waals surface area (Å²) in [6.45, 7) is 4.08. The fourth-order valence-corrected chi connectivity index (χ4v) is 2.56. The molecule has 0 aliphatic carbocycles. The molecule has 1 aliphatic heterocycles. The van der Waals surface area contributed by atoms with E-state index in [0.29, 0.717) is 11.7 Å². The second kappa shape index (κ2) is 8.63. The molecular formula is C16H21N3O2S. The molecule has 0 saturated carbocycles. The standard InChI is InChI=1S/C16H21N3O2S/c20-13-12-18-8-10-19(11-9-18)16(22)17-15(21)7-6-14-4-2-1-3-5-14/h1-7,20H,8-13H2,(H,17,21,22)/b7-6+. The Morgan fingerprint density at radius 3 is 2.55 bits per heavy atom. The number of benzene rings is 1. The minimum absolute atomic E-state index is 0.172. The lowest BCUT2D eigenvalue weighted by molar-refractivity contribution is -0.115. The van der Waals surface area contributed by atoms with Crippen LogP contribution in [-0.2, 0) is 4.79 Å². The first kappa shape index (κ1) is 16.6. The van der Waals surface area contributed by atoms with Gasteiger partial charge in [-0.3, -0.25) is 15.0 Å². The quantitative estimate of drug-likeness (QED) is 0.632. The summed E-state index contributed by atoms with van der Waals surface area (Å²) in [5, 5.41) is 12.1. The summed E-state index contributed by atoms with van der Waals surface area (Å²) in [7, 11) is 0. The van der Waals surface area contributed by atoms with E-state index in [4.69, 9.17) is 17.3 Å². The van der Waals surface area contributed by atoms with Gasteiger partial charge in [-0.05, 0) is 23.9 Å². The lowest BCUT2D eigenvalue weighted by atomic mass is 10.2. The summed E-state index contributed by atoms with van der Waals surface area (Å²) < 4.78 is 0. The molecule has 118 valence electrons. The van der Waals surface area contributed by atoms with Crippen LogP contribution in [0.5, 0.6) is 0 Å². The Kier molecular flexibility index (Phi) is 6.51. The maximum absolute atomic E-state index is 11.9. The predicted molar refractivity (Wildman–Crippen MR) is 91.3 cm³/mol. The van der Waals surface area contributed by atoms with Crippen molar-refractivity contribution < 1.29 is 9.90 Å². The molecule has 1 saturated heterocycles. The molecule has 0 atom stereocenters. The van der Waals surface area contributed by atoms with Gasteiger partial charge in [0.1, 0.15) is 0 Å². The van der Waals surface area contributed by atoms with Crippen molar-refractivity contribution in [3.05, 3.63) is 42.0 Å². The Morgan fingerprint density at radius 2 is 1.91 bits per heavy atom. The number of rotatable bonds is 4. The highest BCUT2D eigenvalue weighted by molar-refractivity contribution is 7.80. The van der Waals surface area contributed by atoms with Gasteiger partial charge in [0.05, 0.1) is 6.61 Å². The van der Waals surface area contributed by atoms with Crippen LogP contribution in [0.2, 0.25) is 0 Å². The first-order valence-electron chi connectivity index (χ1n) is 7.35. The molecule has 5 nitrogen and oxygen atoms in total. The van der Waals surface area contributed by atoms with E-state index in [9.17, 15) is 4.79 Å². The fourth-order valence-electron chi connectivity index (χ4n) is 2.28. The first-order valence-corrected chi connectivity index (χ1v) is 7.76. The lowest BCUT2D eigenvalue weighted by Gasteiger charge is -2.35. The second-order valence-electron chi connectivity index (χ2n) is 5.09. The van der Waals surface area contributed by atoms with E-state index in [1.807, 2.05) is 35.2 Å². The van der Waals surface area contributed by atoms with E-state index in [2.05, 4.69) is 10.2 Å². The van der Waals surface area contributed by atoms with E-state index < -0.39 is 0 Å². The van der Waals surface area contributed by atoms with Crippen molar-refractivity contribution in [3.8, 4) is 0 Å². The van der Waals surface area contributed by atoms with Gasteiger partial charge in [0.25, 0.3) is 0 Å². The van der Waals surface area contributed by atoms with Crippen molar-refractivity contribution in [2.45, 2.75) is 0 Å². The summed E-state index contributed by atoms with van der Waals surface area (Å²) in [5.74, 6) is -0.216. The van der Waals surface area contributed by atoms with Crippen molar-refractivity contribution in [2.24, 2.45) is 0 Å². The molecule has 0 bridgehead atoms. The summed E-state index contributed by atoms with van der Waals surface area (Å²) >= 11 is 5.28. The van der Waals surface area contributed by atoms with Crippen molar-refractivity contribution in [1.82, 2.24) is 15.1 Å². The van der Waals surface area contributed by atoms with Crippen LogP contribution in [0.3, 0.4) is 0 Å². The average molecular weight is 319 g/mol. The number of piperazine rings is 1. The summed E-state index contributed by atoms with van der Waals surface area (Å²) in [4.78, 5) is 16.0. The molecule has 1 aliphatic rings. The molecule has 1 aromatic rings. The zero-order valence-corrected chi connectivity index (χ0v) is 13.3. The van der Waals surface area contributed by atoms with Crippen LogP contribution in [0.15, 0.2) is 36.4 Å². The van der Waals surface area contributed by atoms with Gasteiger partial charge in [-0.15, -0.1) is 0 Å². The lowest BCUT2D eigenvalue weighted by Crippen LogP contribution is -2.52. The smallest absolute Gasteiger partial charge is 0.250 e. The minimum atomic E-state index is -0.216. The van der Waals surface area contributed by atoms with Crippen molar-refractivity contribution in [1.29, 1.82) is 0 Å². The Morgan fingerprint density at radius 1 is 1.23 bits per heavy atom. The largest absolute Gasteiger partial charge is 0.395 e. The molecule has 1 aromatic carbocycles. The number of hydrogen-bond acceptors (Lipinski definition) is 4. The number of amides is 1. The molecule has 2 rings (SSSR count). The number of aliphatic hydroxyl groups excluding tert-OH is 1. The number of β-amino-alcohol motifs (C(OH)–C–C–N with tert-alkyl or cyclic N) is 1. The van der Waals surface area contributed by atoms with Crippen LogP contribution in [0.4, 0.5) is 0 Å². The monoisotopic (exact) mass is 319 g/mol. The van der Waals surface area contributed by atoms with Crippen molar-refractivity contribution in [3.63, 3.8) is 0 Å². The second-order valence-corrected chi connectivity index (χ2v) is 5.48. The average Bonchev–Trinajstić information content (AvgIpc) is 2.55. The maximum atomic E-state index is 11.9. The molecule has 0 aromatic heterocycles. The number of thiocarbonyl (C=S) groups is 1. The number of carbonyl (C=O) groups is 1. The van der Waals surface area contributed by atoms with E-state index in [1.165, 1.54) is 6.08 Å². The molecule has 6 heteroatoms. The Labute approximate surface area is 136 Å². The van der Waals surface area contributed by atoms with Gasteiger partial charge in [0.2, 0.25) is 5.91 Å². The third-order valence-electron chi connectivity index (χ3n) is 3.53. The number of nitrogens with one attached hydrogen (secondary N) is 1. The van der Waals surface area contributed by atoms with Crippen LogP contribution in [-0.4, -0.2) is 65.3 Å². The zero-order chi connectivity index (χ0) is 15.8. The number of hydrogen-bond donors (Lipinski definition) is 2. The molecular weight excluding hydrogens is 298 g/mol. The number of nitrogens with zero attached hydrogens (tertiary/aromatic N) is 2. The topological polar surface area (TPSA) is 55.8 Å². The minimum Gasteiger partial charge on any atom is -0.395 e. The van der Waals surface area contributed by atoms with E-state index in [0.717, 1.165) is 31.7 Å². The van der Waals surface area contributed by atoms with Gasteiger partial charge in [0, 0.05) is 38.8 Å². The Bertz CT molecular complexity index is 525. The van der Waals surface area contributed by atoms with E-state index >= 15 is 0 Å². The van der Waals surface area contributed by atoms with Crippen LogP contribution in [0.1, 0.15) is 5.56 Å². The van der Waals surface area contributed by atoms with Gasteiger partial charge in [0.15, 0.2) is 5.11 Å². The molecule has 0 spiro atoms. The van der Waals surface area contributed by atoms with Crippen LogP contribution >= 0.6 is 12.2 Å². The van der Waals surface area contributed by atoms with Crippen LogP contribution in [0.25, 0.3) is 6.08 Å². The van der Waals surface area contributed by atoms with Gasteiger partial charge in [-0.1, -0.05) is 30.3 Å². The third-order valence-corrected chi connectivity index (χ3v) is 3.89. The number of aliphatic hydroxyl groups is 1. The molecule has 0 radical (unpaired) electrons. The normalized spacial score (nSPS) is 16.0. The highest BCUT2D eigenvalue weighted by Crippen LogP contribution is 2.03. The summed E-state index contributed by atoms with van der Waals surface area (Å²) in [6.07, 6.45) is 3.25. The zero-order valence-electron chi connectivity index (χ0n) is 12.4. The highest BCUT2D eigenvalue weighted by atomic mass is 32.1. The molecule has 0 unspecified atom stereocenters. The van der Waals surface area contributed by atoms with Gasteiger partial charge >= 0.3 is 0 Å². The molecule has 1 fully saturated rings. The molecule has 1 amide bonds. The summed E-state index contributed by atoms with van der Waals surface area (Å²) in [5.41, 5.74) is 0.973. The molecule has 1 heterocycles. The van der Waals surface area contributed by atoms with Crippen LogP contribution in [0, 0.1) is 0 Å². The van der Waals surface area contributed by atoms with Crippen molar-refractivity contribution >= 4 is 29.3 Å². The first-order chi connectivity index (χ1) is 10.7. The van der Waals surface area contributed by atoms with Crippen LogP contribution < -0.4 is 5.32 Å². The molecule has 2 N–H and O–H groups in total. The van der Waals surface area contributed by atoms with E-state index in [1.54, 1.807) is 6.08 Å². The van der Waals surface area contributed by atoms with Crippen molar-refractivity contribution in [2.75, 3.05) is 39.3 Å². The van der Waals surface area contributed by atoms with Gasteiger partial charge in [-0.25, -0.2) is 0 Å². The fraction of sp³-hybridized carbons (Fsp3) is 0.375. The van der Waals surface area contributed by atoms with E-state index in [-0.39, 0.29) is 12.5 Å². The maximum Gasteiger partial charge on any atom is 0.250 e. The Hall–Kier alpha value is -1.76.